The number of carbonyl (C=O) groups is 1. The summed E-state index contributed by atoms with van der Waals surface area (Å²) in [4.78, 5) is 10.5. The molecule has 0 rings (SSSR count). The van der Waals surface area contributed by atoms with Gasteiger partial charge in [0.2, 0.25) is 0 Å². The summed E-state index contributed by atoms with van der Waals surface area (Å²) >= 11 is 0. The van der Waals surface area contributed by atoms with E-state index in [2.05, 4.69) is 13.8 Å². The average Bonchev–Trinajstić information content (AvgIpc) is 2.33. The first kappa shape index (κ1) is 25.3. The Morgan fingerprint density at radius 2 is 1.24 bits per heavy atom. The summed E-state index contributed by atoms with van der Waals surface area (Å²) in [5.74, 6) is 0.509. The molecule has 0 aliphatic carbocycles. The molecule has 0 fully saturated rings. The fraction of sp³-hybridized carbons (Fsp3) is 0.933. The van der Waals surface area contributed by atoms with E-state index in [9.17, 15) is 4.79 Å². The molecule has 0 amide bonds. The molecule has 0 aliphatic heterocycles. The third-order valence-corrected chi connectivity index (χ3v) is 1.52. The summed E-state index contributed by atoms with van der Waals surface area (Å²) in [6, 6.07) is 0. The van der Waals surface area contributed by atoms with Gasteiger partial charge < -0.3 is 4.74 Å². The maximum Gasteiger partial charge on any atom is 0.302 e. The third-order valence-electron chi connectivity index (χ3n) is 1.52. The molecule has 0 saturated heterocycles. The fourth-order valence-electron chi connectivity index (χ4n) is 0.910. The minimum Gasteiger partial charge on any atom is -0.463 e. The Morgan fingerprint density at radius 3 is 1.47 bits per heavy atom. The monoisotopic (exact) mass is 248 g/mol. The average molecular weight is 248 g/mol. The highest BCUT2D eigenvalue weighted by Gasteiger charge is 2.05. The van der Waals surface area contributed by atoms with Crippen LogP contribution < -0.4 is 0 Å². The van der Waals surface area contributed by atoms with Crippen molar-refractivity contribution >= 4 is 5.97 Å². The summed E-state index contributed by atoms with van der Waals surface area (Å²) in [6.45, 7) is 19.7. The van der Waals surface area contributed by atoms with Crippen LogP contribution in [0.3, 0.4) is 0 Å². The second-order valence-electron chi connectivity index (χ2n) is 3.39. The molecule has 17 heavy (non-hydrogen) atoms. The number of hydrogen-bond acceptors (Lipinski definition) is 2. The predicted molar refractivity (Wildman–Crippen MR) is 79.3 cm³/mol. The molecular weight excluding hydrogens is 212 g/mol. The molecule has 0 aromatic carbocycles. The van der Waals surface area contributed by atoms with Crippen LogP contribution in [0.2, 0.25) is 0 Å². The van der Waals surface area contributed by atoms with Crippen LogP contribution >= 0.6 is 0 Å². The van der Waals surface area contributed by atoms with Gasteiger partial charge in [-0.15, -0.1) is 0 Å². The van der Waals surface area contributed by atoms with Crippen molar-refractivity contribution < 1.29 is 9.53 Å². The van der Waals surface area contributed by atoms with E-state index < -0.39 is 0 Å². The van der Waals surface area contributed by atoms with Crippen molar-refractivity contribution in [2.75, 3.05) is 0 Å². The van der Waals surface area contributed by atoms with Crippen LogP contribution in [0, 0.1) is 5.92 Å². The number of esters is 1. The highest BCUT2D eigenvalue weighted by Crippen LogP contribution is 2.08. The van der Waals surface area contributed by atoms with E-state index in [1.165, 1.54) is 6.92 Å². The van der Waals surface area contributed by atoms with E-state index >= 15 is 0 Å². The van der Waals surface area contributed by atoms with Gasteiger partial charge in [-0.2, -0.15) is 0 Å². The van der Waals surface area contributed by atoms with Gasteiger partial charge in [-0.25, -0.2) is 0 Å². The molecular formula is C15H36O2. The molecule has 108 valence electrons. The lowest BCUT2D eigenvalue weighted by Crippen LogP contribution is -2.12. The first-order valence-corrected chi connectivity index (χ1v) is 7.19. The first-order valence-electron chi connectivity index (χ1n) is 7.19. The van der Waals surface area contributed by atoms with Crippen molar-refractivity contribution in [1.82, 2.24) is 0 Å². The van der Waals surface area contributed by atoms with Crippen molar-refractivity contribution in [2.45, 2.75) is 88.2 Å². The molecule has 0 saturated carbocycles. The van der Waals surface area contributed by atoms with Crippen LogP contribution in [0.1, 0.15) is 82.1 Å². The quantitative estimate of drug-likeness (QED) is 0.618. The number of ether oxygens (including phenoxy) is 1. The van der Waals surface area contributed by atoms with Crippen molar-refractivity contribution in [2.24, 2.45) is 5.92 Å². The zero-order chi connectivity index (χ0) is 14.9. The van der Waals surface area contributed by atoms with E-state index in [1.54, 1.807) is 0 Å². The molecule has 2 nitrogen and oxygen atoms in total. The van der Waals surface area contributed by atoms with E-state index in [1.807, 2.05) is 48.5 Å². The molecule has 2 heteroatoms. The molecule has 0 aromatic heterocycles. The highest BCUT2D eigenvalue weighted by molar-refractivity contribution is 5.66. The summed E-state index contributed by atoms with van der Waals surface area (Å²) in [6.07, 6.45) is 2.17. The SMILES string of the molecule is CC.CC.CC.CC(=O)O[C@@H](C)CCC(C)C. The van der Waals surface area contributed by atoms with Gasteiger partial charge in [0.25, 0.3) is 0 Å². The molecule has 0 unspecified atom stereocenters. The van der Waals surface area contributed by atoms with Gasteiger partial charge in [0, 0.05) is 6.92 Å². The smallest absolute Gasteiger partial charge is 0.302 e. The molecule has 0 bridgehead atoms. The molecule has 0 aromatic rings. The van der Waals surface area contributed by atoms with Gasteiger partial charge in [-0.05, 0) is 25.7 Å². The van der Waals surface area contributed by atoms with E-state index in [0.717, 1.165) is 12.8 Å². The Morgan fingerprint density at radius 1 is 0.882 bits per heavy atom. The minimum atomic E-state index is -0.179. The van der Waals surface area contributed by atoms with Crippen LogP contribution in [-0.2, 0) is 9.53 Å². The summed E-state index contributed by atoms with van der Waals surface area (Å²) in [5.41, 5.74) is 0. The van der Waals surface area contributed by atoms with E-state index in [-0.39, 0.29) is 12.1 Å². The molecule has 0 radical (unpaired) electrons. The van der Waals surface area contributed by atoms with Gasteiger partial charge >= 0.3 is 5.97 Å². The lowest BCUT2D eigenvalue weighted by atomic mass is 10.1. The van der Waals surface area contributed by atoms with Crippen molar-refractivity contribution in [3.8, 4) is 0 Å². The number of carbonyl (C=O) groups excluding carboxylic acids is 1. The summed E-state index contributed by atoms with van der Waals surface area (Å²) < 4.78 is 4.96. The number of rotatable bonds is 4. The Labute approximate surface area is 110 Å². The third kappa shape index (κ3) is 39.1. The second kappa shape index (κ2) is 24.6. The maximum absolute atomic E-state index is 10.5. The Hall–Kier alpha value is -0.530. The molecule has 0 heterocycles. The number of hydrogen-bond donors (Lipinski definition) is 0. The van der Waals surface area contributed by atoms with Crippen molar-refractivity contribution in [1.29, 1.82) is 0 Å². The first-order chi connectivity index (χ1) is 8.02. The van der Waals surface area contributed by atoms with Crippen molar-refractivity contribution in [3.63, 3.8) is 0 Å². The largest absolute Gasteiger partial charge is 0.463 e. The predicted octanol–water partition coefficient (Wildman–Crippen LogP) is 5.45. The van der Waals surface area contributed by atoms with Gasteiger partial charge in [-0.3, -0.25) is 4.79 Å². The maximum atomic E-state index is 10.5. The highest BCUT2D eigenvalue weighted by atomic mass is 16.5. The van der Waals surface area contributed by atoms with E-state index in [4.69, 9.17) is 4.74 Å². The van der Waals surface area contributed by atoms with Gasteiger partial charge in [0.15, 0.2) is 0 Å². The Kier molecular flexibility index (Phi) is 36.7. The minimum absolute atomic E-state index is 0.0786. The van der Waals surface area contributed by atoms with Crippen LogP contribution in [0.25, 0.3) is 0 Å². The molecule has 0 spiro atoms. The zero-order valence-electron chi connectivity index (χ0n) is 13.9. The summed E-state index contributed by atoms with van der Waals surface area (Å²) in [7, 11) is 0. The van der Waals surface area contributed by atoms with Crippen molar-refractivity contribution in [3.05, 3.63) is 0 Å². The van der Waals surface area contributed by atoms with Gasteiger partial charge in [0.1, 0.15) is 0 Å². The normalized spacial score (nSPS) is 9.59. The van der Waals surface area contributed by atoms with Crippen LogP contribution in [0.5, 0.6) is 0 Å². The summed E-state index contributed by atoms with van der Waals surface area (Å²) in [5, 5.41) is 0. The van der Waals surface area contributed by atoms with E-state index in [0.29, 0.717) is 5.92 Å². The standard InChI is InChI=1S/C9H18O2.3C2H6/c1-7(2)5-6-8(3)11-9(4)10;3*1-2/h7-8H,5-6H2,1-4H3;3*1-2H3/t8-;;;/m0.../s1. The van der Waals surface area contributed by atoms with Crippen LogP contribution in [-0.4, -0.2) is 12.1 Å². The topological polar surface area (TPSA) is 26.3 Å². The molecule has 1 atom stereocenters. The fourth-order valence-corrected chi connectivity index (χ4v) is 0.910. The Balaban J connectivity index is -0.000000121. The Bertz CT molecular complexity index is 120. The lowest BCUT2D eigenvalue weighted by Gasteiger charge is -2.12. The molecule has 0 N–H and O–H groups in total. The molecule has 0 aliphatic rings. The van der Waals surface area contributed by atoms with Crippen LogP contribution in [0.4, 0.5) is 0 Å². The van der Waals surface area contributed by atoms with Gasteiger partial charge in [0.05, 0.1) is 6.10 Å². The lowest BCUT2D eigenvalue weighted by molar-refractivity contribution is -0.145. The van der Waals surface area contributed by atoms with Crippen LogP contribution in [0.15, 0.2) is 0 Å². The van der Waals surface area contributed by atoms with Gasteiger partial charge in [-0.1, -0.05) is 55.4 Å². The zero-order valence-corrected chi connectivity index (χ0v) is 13.9. The second-order valence-corrected chi connectivity index (χ2v) is 3.39.